The molecule has 0 aromatic rings. The van der Waals surface area contributed by atoms with Gasteiger partial charge in [-0.2, -0.15) is 0 Å². The molecule has 0 fully saturated rings. The molecular weight excluding hydrogens is 164 g/mol. The van der Waals surface area contributed by atoms with E-state index in [1.807, 2.05) is 0 Å². The average molecular weight is 175 g/mol. The molecule has 0 spiro atoms. The van der Waals surface area contributed by atoms with Crippen LogP contribution < -0.4 is 5.32 Å². The molecule has 1 rings (SSSR count). The van der Waals surface area contributed by atoms with Gasteiger partial charge in [-0.1, -0.05) is 6.08 Å². The summed E-state index contributed by atoms with van der Waals surface area (Å²) in [7, 11) is 0. The van der Waals surface area contributed by atoms with E-state index in [1.54, 1.807) is 6.08 Å². The highest BCUT2D eigenvalue weighted by molar-refractivity contribution is 5.93. The molecule has 1 N–H and O–H groups in total. The monoisotopic (exact) mass is 175 g/mol. The van der Waals surface area contributed by atoms with Crippen molar-refractivity contribution in [2.75, 3.05) is 6.54 Å². The van der Waals surface area contributed by atoms with Crippen LogP contribution in [-0.4, -0.2) is 18.9 Å². The Labute approximate surface area is 69.6 Å². The number of carbonyl (C=O) groups excluding carboxylic acids is 1. The minimum absolute atomic E-state index is 0.340. The van der Waals surface area contributed by atoms with E-state index in [0.717, 1.165) is 19.3 Å². The highest BCUT2D eigenvalue weighted by Crippen LogP contribution is 2.17. The number of hydrogen-bond acceptors (Lipinski definition) is 1. The van der Waals surface area contributed by atoms with Crippen LogP contribution in [0.4, 0.5) is 8.78 Å². The summed E-state index contributed by atoms with van der Waals surface area (Å²) in [5.74, 6) is -0.340. The lowest BCUT2D eigenvalue weighted by Crippen LogP contribution is -2.29. The van der Waals surface area contributed by atoms with Crippen LogP contribution in [0.3, 0.4) is 0 Å². The van der Waals surface area contributed by atoms with Gasteiger partial charge in [0.15, 0.2) is 0 Å². The third-order valence-corrected chi connectivity index (χ3v) is 1.75. The first-order valence-electron chi connectivity index (χ1n) is 3.95. The first-order valence-corrected chi connectivity index (χ1v) is 3.95. The van der Waals surface area contributed by atoms with Crippen LogP contribution in [0.2, 0.25) is 0 Å². The largest absolute Gasteiger partial charge is 0.347 e. The topological polar surface area (TPSA) is 29.1 Å². The van der Waals surface area contributed by atoms with E-state index in [0.29, 0.717) is 5.57 Å². The highest BCUT2D eigenvalue weighted by atomic mass is 19.3. The van der Waals surface area contributed by atoms with Gasteiger partial charge in [0.25, 0.3) is 6.43 Å². The van der Waals surface area contributed by atoms with E-state index in [-0.39, 0.29) is 5.91 Å². The Balaban J connectivity index is 2.28. The Morgan fingerprint density at radius 1 is 1.67 bits per heavy atom. The van der Waals surface area contributed by atoms with E-state index < -0.39 is 13.0 Å². The summed E-state index contributed by atoms with van der Waals surface area (Å²) >= 11 is 0. The zero-order valence-electron chi connectivity index (χ0n) is 6.65. The maximum atomic E-state index is 11.6. The Hall–Kier alpha value is -0.930. The molecule has 0 radical (unpaired) electrons. The molecule has 0 saturated carbocycles. The minimum atomic E-state index is -2.46. The number of hydrogen-bond donors (Lipinski definition) is 1. The van der Waals surface area contributed by atoms with E-state index in [9.17, 15) is 13.6 Å². The molecule has 1 aliphatic carbocycles. The average Bonchev–Trinajstić information content (AvgIpc) is 2.51. The number of amides is 1. The third kappa shape index (κ3) is 2.60. The molecule has 0 aromatic heterocycles. The highest BCUT2D eigenvalue weighted by Gasteiger charge is 2.13. The maximum absolute atomic E-state index is 11.6. The molecule has 0 aromatic carbocycles. The lowest BCUT2D eigenvalue weighted by Gasteiger charge is -2.03. The Morgan fingerprint density at radius 2 is 2.42 bits per heavy atom. The van der Waals surface area contributed by atoms with Crippen LogP contribution >= 0.6 is 0 Å². The Kier molecular flexibility index (Phi) is 3.19. The number of allylic oxidation sites excluding steroid dienone is 1. The molecule has 68 valence electrons. The van der Waals surface area contributed by atoms with Gasteiger partial charge >= 0.3 is 0 Å². The van der Waals surface area contributed by atoms with Gasteiger partial charge in [-0.05, 0) is 19.3 Å². The molecule has 1 aliphatic rings. The van der Waals surface area contributed by atoms with Gasteiger partial charge in [-0.15, -0.1) is 0 Å². The van der Waals surface area contributed by atoms with E-state index in [1.165, 1.54) is 0 Å². The van der Waals surface area contributed by atoms with Gasteiger partial charge < -0.3 is 5.32 Å². The number of alkyl halides is 2. The third-order valence-electron chi connectivity index (χ3n) is 1.75. The quantitative estimate of drug-likeness (QED) is 0.691. The van der Waals surface area contributed by atoms with Crippen molar-refractivity contribution >= 4 is 5.91 Å². The van der Waals surface area contributed by atoms with Crippen molar-refractivity contribution in [3.05, 3.63) is 11.6 Å². The minimum Gasteiger partial charge on any atom is -0.347 e. The first-order chi connectivity index (χ1) is 5.70. The molecule has 0 heterocycles. The molecule has 4 heteroatoms. The van der Waals surface area contributed by atoms with Crippen molar-refractivity contribution in [2.45, 2.75) is 25.7 Å². The normalized spacial score (nSPS) is 16.4. The van der Waals surface area contributed by atoms with E-state index in [4.69, 9.17) is 0 Å². The van der Waals surface area contributed by atoms with Crippen LogP contribution in [0.1, 0.15) is 19.3 Å². The van der Waals surface area contributed by atoms with Gasteiger partial charge in [-0.25, -0.2) is 8.78 Å². The van der Waals surface area contributed by atoms with E-state index in [2.05, 4.69) is 5.32 Å². The van der Waals surface area contributed by atoms with Crippen LogP contribution in [0.15, 0.2) is 11.6 Å². The Morgan fingerprint density at radius 3 is 2.92 bits per heavy atom. The standard InChI is InChI=1S/C8H11F2NO/c9-7(10)5-11-8(12)6-3-1-2-4-6/h3,7H,1-2,4-5H2,(H,11,12). The zero-order valence-corrected chi connectivity index (χ0v) is 6.65. The van der Waals surface area contributed by atoms with Crippen LogP contribution in [0, 0.1) is 0 Å². The summed E-state index contributed by atoms with van der Waals surface area (Å²) in [5.41, 5.74) is 0.649. The molecule has 2 nitrogen and oxygen atoms in total. The van der Waals surface area contributed by atoms with Crippen LogP contribution in [0.25, 0.3) is 0 Å². The van der Waals surface area contributed by atoms with Gasteiger partial charge in [0.05, 0.1) is 6.54 Å². The van der Waals surface area contributed by atoms with Gasteiger partial charge in [-0.3, -0.25) is 4.79 Å². The predicted octanol–water partition coefficient (Wildman–Crippen LogP) is 1.48. The van der Waals surface area contributed by atoms with Gasteiger partial charge in [0.2, 0.25) is 5.91 Å². The summed E-state index contributed by atoms with van der Waals surface area (Å²) in [4.78, 5) is 11.0. The molecule has 0 aliphatic heterocycles. The molecule has 0 unspecified atom stereocenters. The van der Waals surface area contributed by atoms with Crippen LogP contribution in [-0.2, 0) is 4.79 Å². The van der Waals surface area contributed by atoms with Crippen molar-refractivity contribution in [1.29, 1.82) is 0 Å². The smallest absolute Gasteiger partial charge is 0.255 e. The summed E-state index contributed by atoms with van der Waals surface area (Å²) < 4.78 is 23.3. The summed E-state index contributed by atoms with van der Waals surface area (Å²) in [6.45, 7) is -0.545. The fourth-order valence-electron chi connectivity index (χ4n) is 1.16. The molecule has 0 atom stereocenters. The van der Waals surface area contributed by atoms with Crippen molar-refractivity contribution in [2.24, 2.45) is 0 Å². The second-order valence-electron chi connectivity index (χ2n) is 2.72. The fourth-order valence-corrected chi connectivity index (χ4v) is 1.16. The Bertz CT molecular complexity index is 201. The first kappa shape index (κ1) is 9.16. The predicted molar refractivity (Wildman–Crippen MR) is 40.9 cm³/mol. The van der Waals surface area contributed by atoms with Crippen molar-refractivity contribution in [1.82, 2.24) is 5.32 Å². The lowest BCUT2D eigenvalue weighted by atomic mass is 10.2. The summed E-state index contributed by atoms with van der Waals surface area (Å²) in [6, 6.07) is 0. The SMILES string of the molecule is O=C(NCC(F)F)C1=CCCC1. The molecular formula is C8H11F2NO. The number of carbonyl (C=O) groups is 1. The number of halogens is 2. The summed E-state index contributed by atoms with van der Waals surface area (Å²) in [6.07, 6.45) is 1.90. The van der Waals surface area contributed by atoms with Gasteiger partial charge in [0.1, 0.15) is 0 Å². The lowest BCUT2D eigenvalue weighted by molar-refractivity contribution is -0.118. The van der Waals surface area contributed by atoms with Crippen LogP contribution in [0.5, 0.6) is 0 Å². The maximum Gasteiger partial charge on any atom is 0.255 e. The molecule has 12 heavy (non-hydrogen) atoms. The van der Waals surface area contributed by atoms with E-state index >= 15 is 0 Å². The van der Waals surface area contributed by atoms with Crippen molar-refractivity contribution < 1.29 is 13.6 Å². The fraction of sp³-hybridized carbons (Fsp3) is 0.625. The molecule has 0 bridgehead atoms. The molecule has 0 saturated heterocycles. The second kappa shape index (κ2) is 4.18. The van der Waals surface area contributed by atoms with Crippen molar-refractivity contribution in [3.8, 4) is 0 Å². The zero-order chi connectivity index (χ0) is 8.97. The number of rotatable bonds is 3. The second-order valence-corrected chi connectivity index (χ2v) is 2.72. The molecule has 1 amide bonds. The van der Waals surface area contributed by atoms with Gasteiger partial charge in [0, 0.05) is 5.57 Å². The van der Waals surface area contributed by atoms with Crippen molar-refractivity contribution in [3.63, 3.8) is 0 Å². The number of nitrogens with one attached hydrogen (secondary N) is 1. The summed E-state index contributed by atoms with van der Waals surface area (Å²) in [5, 5.41) is 2.17.